The number of carbonyl (C=O) groups is 1. The van der Waals surface area contributed by atoms with E-state index in [1.54, 1.807) is 6.33 Å². The van der Waals surface area contributed by atoms with Gasteiger partial charge in [0.25, 0.3) is 5.91 Å². The van der Waals surface area contributed by atoms with Crippen molar-refractivity contribution in [3.8, 4) is 11.1 Å². The van der Waals surface area contributed by atoms with Gasteiger partial charge in [-0.15, -0.1) is 0 Å². The average Bonchev–Trinajstić information content (AvgIpc) is 3.39. The maximum atomic E-state index is 12.1. The largest absolute Gasteiger partial charge is 0.377 e. The minimum absolute atomic E-state index is 0.457. The molecule has 0 aliphatic heterocycles. The van der Waals surface area contributed by atoms with Gasteiger partial charge < -0.3 is 20.2 Å². The number of fused-ring (bicyclic) bond motifs is 2. The first-order chi connectivity index (χ1) is 14.5. The summed E-state index contributed by atoms with van der Waals surface area (Å²) in [5.74, 6) is -0.471. The number of amides is 1. The van der Waals surface area contributed by atoms with Crippen LogP contribution in [-0.2, 0) is 0 Å². The number of imidazole rings is 2. The maximum absolute atomic E-state index is 12.1. The molecular formula is C23H26N6O. The number of benzene rings is 2. The van der Waals surface area contributed by atoms with Crippen molar-refractivity contribution in [3.63, 3.8) is 0 Å². The van der Waals surface area contributed by atoms with Gasteiger partial charge in [-0.05, 0) is 36.6 Å². The molecule has 30 heavy (non-hydrogen) atoms. The highest BCUT2D eigenvalue weighted by Gasteiger charge is 2.21. The Labute approximate surface area is 174 Å². The monoisotopic (exact) mass is 402 g/mol. The highest BCUT2D eigenvalue weighted by molar-refractivity contribution is 6.13. The molecule has 0 bridgehead atoms. The van der Waals surface area contributed by atoms with Crippen LogP contribution in [-0.4, -0.2) is 39.5 Å². The molecule has 0 radical (unpaired) electrons. The van der Waals surface area contributed by atoms with Crippen molar-refractivity contribution in [2.75, 3.05) is 19.0 Å². The molecule has 2 aromatic heterocycles. The number of H-pyrrole nitrogens is 1. The highest BCUT2D eigenvalue weighted by atomic mass is 16.1. The van der Waals surface area contributed by atoms with Gasteiger partial charge in [-0.25, -0.2) is 9.97 Å². The summed E-state index contributed by atoms with van der Waals surface area (Å²) in [6, 6.07) is 8.92. The lowest BCUT2D eigenvalue weighted by molar-refractivity contribution is 0.100. The summed E-state index contributed by atoms with van der Waals surface area (Å²) in [6.07, 6.45) is 9.96. The van der Waals surface area contributed by atoms with Crippen LogP contribution in [0.15, 0.2) is 36.9 Å². The fourth-order valence-electron chi connectivity index (χ4n) is 4.77. The zero-order chi connectivity index (χ0) is 20.8. The summed E-state index contributed by atoms with van der Waals surface area (Å²) in [5, 5.41) is 0. The molecule has 1 amide bonds. The fourth-order valence-corrected chi connectivity index (χ4v) is 4.77. The van der Waals surface area contributed by atoms with Crippen LogP contribution in [0.3, 0.4) is 0 Å². The summed E-state index contributed by atoms with van der Waals surface area (Å²) in [4.78, 5) is 26.3. The second-order valence-electron chi connectivity index (χ2n) is 8.35. The quantitative estimate of drug-likeness (QED) is 0.534. The molecule has 4 aromatic rings. The number of primary amides is 1. The molecule has 1 fully saturated rings. The van der Waals surface area contributed by atoms with Crippen molar-refractivity contribution >= 4 is 33.7 Å². The Morgan fingerprint density at radius 2 is 1.97 bits per heavy atom. The Morgan fingerprint density at radius 3 is 2.70 bits per heavy atom. The van der Waals surface area contributed by atoms with Crippen LogP contribution in [0.1, 0.15) is 48.5 Å². The summed E-state index contributed by atoms with van der Waals surface area (Å²) in [7, 11) is 3.81. The normalized spacial score (nSPS) is 15.1. The van der Waals surface area contributed by atoms with E-state index in [4.69, 9.17) is 10.7 Å². The number of hydrogen-bond donors (Lipinski definition) is 2. The number of aromatic nitrogens is 4. The third-order valence-corrected chi connectivity index (χ3v) is 6.26. The zero-order valence-corrected chi connectivity index (χ0v) is 17.4. The first-order valence-corrected chi connectivity index (χ1v) is 10.5. The van der Waals surface area contributed by atoms with Crippen LogP contribution in [0, 0.1) is 0 Å². The van der Waals surface area contributed by atoms with E-state index in [1.165, 1.54) is 37.6 Å². The van der Waals surface area contributed by atoms with E-state index in [1.807, 2.05) is 31.4 Å². The van der Waals surface area contributed by atoms with Crippen LogP contribution in [0.25, 0.3) is 33.2 Å². The molecule has 0 unspecified atom stereocenters. The van der Waals surface area contributed by atoms with Crippen LogP contribution in [0.4, 0.5) is 5.69 Å². The Hall–Kier alpha value is -3.35. The van der Waals surface area contributed by atoms with Gasteiger partial charge in [-0.1, -0.05) is 25.3 Å². The van der Waals surface area contributed by atoms with Gasteiger partial charge in [0.2, 0.25) is 0 Å². The molecular weight excluding hydrogens is 376 g/mol. The number of nitrogens with one attached hydrogen (secondary N) is 1. The van der Waals surface area contributed by atoms with Crippen molar-refractivity contribution in [2.24, 2.45) is 5.73 Å². The van der Waals surface area contributed by atoms with Crippen molar-refractivity contribution in [1.82, 2.24) is 19.5 Å². The van der Waals surface area contributed by atoms with Gasteiger partial charge in [-0.2, -0.15) is 0 Å². The number of carbonyl (C=O) groups excluding carboxylic acids is 1. The zero-order valence-electron chi connectivity index (χ0n) is 17.4. The van der Waals surface area contributed by atoms with E-state index in [-0.39, 0.29) is 0 Å². The standard InChI is InChI=1S/C23H26N6O/c1-28(2)19-11-16(21-22(26-12-25-21)20(19)23(24)30)14-8-9-18-17(10-14)27-13-29(18)15-6-4-3-5-7-15/h8-13,15H,3-7H2,1-2H3,(H2,24,30)(H,25,26). The minimum atomic E-state index is -0.471. The lowest BCUT2D eigenvalue weighted by Crippen LogP contribution is -2.19. The van der Waals surface area contributed by atoms with E-state index >= 15 is 0 Å². The highest BCUT2D eigenvalue weighted by Crippen LogP contribution is 2.37. The molecule has 0 saturated heterocycles. The second-order valence-corrected chi connectivity index (χ2v) is 8.35. The first-order valence-electron chi connectivity index (χ1n) is 10.5. The molecule has 2 heterocycles. The van der Waals surface area contributed by atoms with E-state index in [0.717, 1.165) is 27.8 Å². The van der Waals surface area contributed by atoms with Crippen molar-refractivity contribution in [3.05, 3.63) is 42.5 Å². The number of aromatic amines is 1. The maximum Gasteiger partial charge on any atom is 0.253 e. The third-order valence-electron chi connectivity index (χ3n) is 6.26. The molecule has 7 heteroatoms. The molecule has 0 spiro atoms. The SMILES string of the molecule is CN(C)c1cc(-c2ccc3c(c2)ncn3C2CCCCC2)c2nc[nH]c2c1C(N)=O. The fraction of sp³-hybridized carbons (Fsp3) is 0.348. The molecule has 154 valence electrons. The van der Waals surface area contributed by atoms with Crippen LogP contribution >= 0.6 is 0 Å². The van der Waals surface area contributed by atoms with Gasteiger partial charge in [0, 0.05) is 25.7 Å². The molecule has 1 aliphatic carbocycles. The molecule has 2 aromatic carbocycles. The Morgan fingerprint density at radius 1 is 1.17 bits per heavy atom. The summed E-state index contributed by atoms with van der Waals surface area (Å²) in [5.41, 5.74) is 12.4. The number of rotatable bonds is 4. The smallest absolute Gasteiger partial charge is 0.253 e. The first kappa shape index (κ1) is 18.7. The predicted octanol–water partition coefficient (Wildman–Crippen LogP) is 4.25. The van der Waals surface area contributed by atoms with Gasteiger partial charge in [0.15, 0.2) is 0 Å². The topological polar surface area (TPSA) is 92.8 Å². The molecule has 1 saturated carbocycles. The Bertz CT molecular complexity index is 1250. The summed E-state index contributed by atoms with van der Waals surface area (Å²) in [6.45, 7) is 0. The van der Waals surface area contributed by atoms with Crippen molar-refractivity contribution in [2.45, 2.75) is 38.1 Å². The lowest BCUT2D eigenvalue weighted by Gasteiger charge is -2.23. The lowest BCUT2D eigenvalue weighted by atomic mass is 9.95. The molecule has 3 N–H and O–H groups in total. The van der Waals surface area contributed by atoms with Gasteiger partial charge >= 0.3 is 0 Å². The Balaban J connectivity index is 1.66. The summed E-state index contributed by atoms with van der Waals surface area (Å²) < 4.78 is 2.34. The van der Waals surface area contributed by atoms with E-state index < -0.39 is 5.91 Å². The van der Waals surface area contributed by atoms with Crippen LogP contribution in [0.2, 0.25) is 0 Å². The molecule has 1 aliphatic rings. The average molecular weight is 403 g/mol. The second kappa shape index (κ2) is 7.16. The van der Waals surface area contributed by atoms with Crippen molar-refractivity contribution in [1.29, 1.82) is 0 Å². The van der Waals surface area contributed by atoms with Crippen molar-refractivity contribution < 1.29 is 4.79 Å². The number of nitrogens with zero attached hydrogens (tertiary/aromatic N) is 4. The van der Waals surface area contributed by atoms with Crippen LogP contribution < -0.4 is 10.6 Å². The predicted molar refractivity (Wildman–Crippen MR) is 120 cm³/mol. The number of nitrogens with two attached hydrogens (primary N) is 1. The van der Waals surface area contributed by atoms with Gasteiger partial charge in [-0.3, -0.25) is 4.79 Å². The van der Waals surface area contributed by atoms with Gasteiger partial charge in [0.1, 0.15) is 0 Å². The van der Waals surface area contributed by atoms with E-state index in [2.05, 4.69) is 32.7 Å². The Kier molecular flexibility index (Phi) is 4.46. The molecule has 0 atom stereocenters. The third kappa shape index (κ3) is 2.93. The molecule has 5 rings (SSSR count). The van der Waals surface area contributed by atoms with E-state index in [0.29, 0.717) is 17.1 Å². The summed E-state index contributed by atoms with van der Waals surface area (Å²) >= 11 is 0. The molecule has 7 nitrogen and oxygen atoms in total. The minimum Gasteiger partial charge on any atom is -0.377 e. The number of hydrogen-bond acceptors (Lipinski definition) is 4. The van der Waals surface area contributed by atoms with Gasteiger partial charge in [0.05, 0.1) is 46.0 Å². The number of anilines is 1. The van der Waals surface area contributed by atoms with E-state index in [9.17, 15) is 4.79 Å². The van der Waals surface area contributed by atoms with Crippen LogP contribution in [0.5, 0.6) is 0 Å².